The summed E-state index contributed by atoms with van der Waals surface area (Å²) in [5.74, 6) is -0.000139. The smallest absolute Gasteiger partial charge is 0.184 e. The van der Waals surface area contributed by atoms with Crippen LogP contribution < -0.4 is 4.74 Å². The van der Waals surface area contributed by atoms with Crippen molar-refractivity contribution < 1.29 is 17.9 Å². The van der Waals surface area contributed by atoms with E-state index >= 15 is 0 Å². The van der Waals surface area contributed by atoms with Crippen molar-refractivity contribution in [1.29, 1.82) is 0 Å². The highest BCUT2D eigenvalue weighted by molar-refractivity contribution is 7.92. The summed E-state index contributed by atoms with van der Waals surface area (Å²) in [4.78, 5) is 12.2. The highest BCUT2D eigenvalue weighted by atomic mass is 32.2. The lowest BCUT2D eigenvalue weighted by atomic mass is 9.99. The molecule has 0 N–H and O–H groups in total. The average molecular weight is 270 g/mol. The molecule has 1 aromatic carbocycles. The molecule has 4 nitrogen and oxygen atoms in total. The number of rotatable bonds is 4. The molecule has 1 atom stereocenters. The maximum Gasteiger partial charge on any atom is 0.184 e. The molecule has 0 fully saturated rings. The average Bonchev–Trinajstić information content (AvgIpc) is 2.24. The molecule has 18 heavy (non-hydrogen) atoms. The number of hydrogen-bond acceptors (Lipinski definition) is 4. The molecule has 1 unspecified atom stereocenters. The molecular formula is C13H18O4S. The fourth-order valence-electron chi connectivity index (χ4n) is 1.80. The van der Waals surface area contributed by atoms with Gasteiger partial charge < -0.3 is 4.74 Å². The van der Waals surface area contributed by atoms with E-state index in [0.29, 0.717) is 11.3 Å². The third kappa shape index (κ3) is 2.90. The van der Waals surface area contributed by atoms with E-state index in [4.69, 9.17) is 4.74 Å². The number of ether oxygens (including phenoxy) is 1. The summed E-state index contributed by atoms with van der Waals surface area (Å²) >= 11 is 0. The van der Waals surface area contributed by atoms with E-state index < -0.39 is 20.9 Å². The quantitative estimate of drug-likeness (QED) is 0.784. The molecule has 1 aromatic rings. The second-order valence-electron chi connectivity index (χ2n) is 4.50. The van der Waals surface area contributed by atoms with Crippen LogP contribution in [0.15, 0.2) is 12.1 Å². The molecule has 1 rings (SSSR count). The molecule has 0 aromatic heterocycles. The predicted octanol–water partition coefficient (Wildman–Crippen LogP) is 1.93. The molecule has 0 amide bonds. The van der Waals surface area contributed by atoms with Crippen molar-refractivity contribution in [3.8, 4) is 5.75 Å². The number of hydrogen-bond donors (Lipinski definition) is 0. The Balaban J connectivity index is 3.38. The standard InChI is InChI=1S/C13H18O4S/c1-8-6-9(2)12(11(7-8)17-4)13(14)10(3)18(5,15)16/h6-7,10H,1-5H3. The summed E-state index contributed by atoms with van der Waals surface area (Å²) in [5.41, 5.74) is 2.04. The first-order chi connectivity index (χ1) is 8.18. The summed E-state index contributed by atoms with van der Waals surface area (Å²) in [6.45, 7) is 5.07. The Morgan fingerprint density at radius 3 is 2.28 bits per heavy atom. The summed E-state index contributed by atoms with van der Waals surface area (Å²) < 4.78 is 28.1. The summed E-state index contributed by atoms with van der Waals surface area (Å²) in [6.07, 6.45) is 1.06. The van der Waals surface area contributed by atoms with Crippen LogP contribution in [-0.2, 0) is 9.84 Å². The number of ketones is 1. The van der Waals surface area contributed by atoms with Crippen LogP contribution in [-0.4, -0.2) is 32.8 Å². The molecule has 0 aliphatic heterocycles. The van der Waals surface area contributed by atoms with Gasteiger partial charge in [-0.2, -0.15) is 0 Å². The molecular weight excluding hydrogens is 252 g/mol. The molecule has 0 bridgehead atoms. The largest absolute Gasteiger partial charge is 0.496 e. The van der Waals surface area contributed by atoms with Gasteiger partial charge in [0.25, 0.3) is 0 Å². The monoisotopic (exact) mass is 270 g/mol. The number of sulfone groups is 1. The van der Waals surface area contributed by atoms with Crippen molar-refractivity contribution in [2.75, 3.05) is 13.4 Å². The van der Waals surface area contributed by atoms with Gasteiger partial charge in [-0.05, 0) is 38.0 Å². The first-order valence-electron chi connectivity index (χ1n) is 5.56. The minimum absolute atomic E-state index is 0.348. The van der Waals surface area contributed by atoms with Gasteiger partial charge in [-0.25, -0.2) is 8.42 Å². The van der Waals surface area contributed by atoms with E-state index in [1.54, 1.807) is 13.0 Å². The van der Waals surface area contributed by atoms with Crippen molar-refractivity contribution >= 4 is 15.6 Å². The van der Waals surface area contributed by atoms with Crippen LogP contribution in [0.2, 0.25) is 0 Å². The summed E-state index contributed by atoms with van der Waals surface area (Å²) in [7, 11) is -1.94. The topological polar surface area (TPSA) is 60.4 Å². The molecule has 5 heteroatoms. The number of carbonyl (C=O) groups is 1. The summed E-state index contributed by atoms with van der Waals surface area (Å²) in [5, 5.41) is -1.06. The third-order valence-corrected chi connectivity index (χ3v) is 4.42. The first kappa shape index (κ1) is 14.7. The molecule has 0 heterocycles. The van der Waals surface area contributed by atoms with Gasteiger partial charge in [0.15, 0.2) is 15.6 Å². The number of carbonyl (C=O) groups excluding carboxylic acids is 1. The van der Waals surface area contributed by atoms with Gasteiger partial charge in [-0.1, -0.05) is 6.07 Å². The highest BCUT2D eigenvalue weighted by Crippen LogP contribution is 2.26. The Bertz CT molecular complexity index is 573. The van der Waals surface area contributed by atoms with Crippen LogP contribution in [0.4, 0.5) is 0 Å². The number of Topliss-reactive ketones (excluding diaryl/α,β-unsaturated/α-hetero) is 1. The number of methoxy groups -OCH3 is 1. The second kappa shape index (κ2) is 5.10. The van der Waals surface area contributed by atoms with E-state index in [2.05, 4.69) is 0 Å². The normalized spacial score (nSPS) is 13.2. The van der Waals surface area contributed by atoms with Gasteiger partial charge in [-0.3, -0.25) is 4.79 Å². The van der Waals surface area contributed by atoms with Gasteiger partial charge in [0.2, 0.25) is 0 Å². The van der Waals surface area contributed by atoms with Gasteiger partial charge >= 0.3 is 0 Å². The Labute approximate surface area is 108 Å². The Morgan fingerprint density at radius 2 is 1.83 bits per heavy atom. The molecule has 0 aliphatic carbocycles. The summed E-state index contributed by atoms with van der Waals surface area (Å²) in [6, 6.07) is 3.57. The van der Waals surface area contributed by atoms with Crippen LogP contribution in [0.25, 0.3) is 0 Å². The molecule has 0 saturated carbocycles. The molecule has 0 aliphatic rings. The zero-order valence-corrected chi connectivity index (χ0v) is 12.1. The minimum Gasteiger partial charge on any atom is -0.496 e. The lowest BCUT2D eigenvalue weighted by Gasteiger charge is -2.15. The minimum atomic E-state index is -3.41. The lowest BCUT2D eigenvalue weighted by molar-refractivity contribution is 0.0988. The van der Waals surface area contributed by atoms with Crippen molar-refractivity contribution in [3.05, 3.63) is 28.8 Å². The van der Waals surface area contributed by atoms with E-state index in [-0.39, 0.29) is 0 Å². The Hall–Kier alpha value is -1.36. The van der Waals surface area contributed by atoms with Crippen molar-refractivity contribution in [2.45, 2.75) is 26.0 Å². The van der Waals surface area contributed by atoms with Crippen molar-refractivity contribution in [1.82, 2.24) is 0 Å². The number of benzene rings is 1. The maximum absolute atomic E-state index is 12.2. The zero-order valence-electron chi connectivity index (χ0n) is 11.3. The van der Waals surface area contributed by atoms with E-state index in [1.165, 1.54) is 14.0 Å². The van der Waals surface area contributed by atoms with Gasteiger partial charge in [0.05, 0.1) is 12.7 Å². The second-order valence-corrected chi connectivity index (χ2v) is 6.86. The first-order valence-corrected chi connectivity index (χ1v) is 7.52. The van der Waals surface area contributed by atoms with Gasteiger partial charge in [0.1, 0.15) is 11.0 Å². The Kier molecular flexibility index (Phi) is 4.16. The lowest BCUT2D eigenvalue weighted by Crippen LogP contribution is -2.27. The van der Waals surface area contributed by atoms with Crippen LogP contribution in [0.5, 0.6) is 5.75 Å². The molecule has 0 radical (unpaired) electrons. The zero-order chi connectivity index (χ0) is 14.1. The van der Waals surface area contributed by atoms with Crippen molar-refractivity contribution in [3.63, 3.8) is 0 Å². The molecule has 0 saturated heterocycles. The predicted molar refractivity (Wildman–Crippen MR) is 71.1 cm³/mol. The van der Waals surface area contributed by atoms with Crippen LogP contribution >= 0.6 is 0 Å². The van der Waals surface area contributed by atoms with Crippen LogP contribution in [0.1, 0.15) is 28.4 Å². The fraction of sp³-hybridized carbons (Fsp3) is 0.462. The van der Waals surface area contributed by atoms with Gasteiger partial charge in [-0.15, -0.1) is 0 Å². The number of aryl methyl sites for hydroxylation is 2. The maximum atomic E-state index is 12.2. The highest BCUT2D eigenvalue weighted by Gasteiger charge is 2.28. The fourth-order valence-corrected chi connectivity index (χ4v) is 2.31. The molecule has 100 valence electrons. The van der Waals surface area contributed by atoms with E-state index in [1.807, 2.05) is 13.0 Å². The van der Waals surface area contributed by atoms with Gasteiger partial charge in [0, 0.05) is 6.26 Å². The molecule has 0 spiro atoms. The SMILES string of the molecule is COc1cc(C)cc(C)c1C(=O)C(C)S(C)(=O)=O. The van der Waals surface area contributed by atoms with E-state index in [0.717, 1.165) is 17.4 Å². The van der Waals surface area contributed by atoms with Crippen LogP contribution in [0, 0.1) is 13.8 Å². The van der Waals surface area contributed by atoms with E-state index in [9.17, 15) is 13.2 Å². The Morgan fingerprint density at radius 1 is 1.28 bits per heavy atom. The third-order valence-electron chi connectivity index (χ3n) is 2.92. The van der Waals surface area contributed by atoms with Crippen LogP contribution in [0.3, 0.4) is 0 Å². The van der Waals surface area contributed by atoms with Crippen molar-refractivity contribution in [2.24, 2.45) is 0 Å².